The van der Waals surface area contributed by atoms with Crippen molar-refractivity contribution in [3.05, 3.63) is 71.8 Å². The van der Waals surface area contributed by atoms with Crippen molar-refractivity contribution in [2.24, 2.45) is 5.92 Å². The third-order valence-electron chi connectivity index (χ3n) is 6.86. The van der Waals surface area contributed by atoms with Gasteiger partial charge in [0.15, 0.2) is 0 Å². The number of carbonyl (C=O) groups excluding carboxylic acids is 2. The van der Waals surface area contributed by atoms with Gasteiger partial charge in [0.2, 0.25) is 5.91 Å². The van der Waals surface area contributed by atoms with Gasteiger partial charge in [-0.2, -0.15) is 0 Å². The molecule has 2 aromatic rings. The molecule has 0 unspecified atom stereocenters. The van der Waals surface area contributed by atoms with Gasteiger partial charge in [0.05, 0.1) is 0 Å². The quantitative estimate of drug-likeness (QED) is 0.675. The van der Waals surface area contributed by atoms with E-state index in [-0.39, 0.29) is 11.8 Å². The molecule has 0 aromatic heterocycles. The van der Waals surface area contributed by atoms with Crippen molar-refractivity contribution in [3.63, 3.8) is 0 Å². The fourth-order valence-electron chi connectivity index (χ4n) is 4.80. The Morgan fingerprint density at radius 2 is 1.39 bits per heavy atom. The molecule has 2 heterocycles. The van der Waals surface area contributed by atoms with Crippen molar-refractivity contribution in [1.82, 2.24) is 20.0 Å². The minimum Gasteiger partial charge on any atom is -0.355 e. The summed E-state index contributed by atoms with van der Waals surface area (Å²) in [5.74, 6) is 0.610. The highest BCUT2D eigenvalue weighted by molar-refractivity contribution is 5.94. The average Bonchev–Trinajstić information content (AvgIpc) is 2.86. The summed E-state index contributed by atoms with van der Waals surface area (Å²) in [4.78, 5) is 31.9. The summed E-state index contributed by atoms with van der Waals surface area (Å²) in [5, 5.41) is 3.11. The van der Waals surface area contributed by atoms with Crippen LogP contribution in [0.4, 0.5) is 0 Å². The molecule has 2 aromatic carbocycles. The summed E-state index contributed by atoms with van der Waals surface area (Å²) in [6, 6.07) is 20.1. The van der Waals surface area contributed by atoms with Crippen LogP contribution in [0.2, 0.25) is 0 Å². The van der Waals surface area contributed by atoms with Gasteiger partial charge in [-0.1, -0.05) is 48.5 Å². The van der Waals surface area contributed by atoms with E-state index in [0.717, 1.165) is 70.8 Å². The predicted octanol–water partition coefficient (Wildman–Crippen LogP) is 2.86. The van der Waals surface area contributed by atoms with Gasteiger partial charge >= 0.3 is 0 Å². The van der Waals surface area contributed by atoms with Crippen LogP contribution in [0.5, 0.6) is 0 Å². The number of benzene rings is 2. The summed E-state index contributed by atoms with van der Waals surface area (Å²) in [5.41, 5.74) is 2.11. The Morgan fingerprint density at radius 1 is 0.788 bits per heavy atom. The van der Waals surface area contributed by atoms with Crippen LogP contribution in [0.15, 0.2) is 60.7 Å². The smallest absolute Gasteiger partial charge is 0.253 e. The Kier molecular flexibility index (Phi) is 8.50. The molecule has 2 fully saturated rings. The molecular weight excluding hydrogens is 412 g/mol. The maximum Gasteiger partial charge on any atom is 0.253 e. The van der Waals surface area contributed by atoms with Gasteiger partial charge in [-0.25, -0.2) is 0 Å². The molecule has 4 rings (SSSR count). The Morgan fingerprint density at radius 3 is 2.06 bits per heavy atom. The zero-order valence-electron chi connectivity index (χ0n) is 19.5. The topological polar surface area (TPSA) is 55.9 Å². The van der Waals surface area contributed by atoms with Crippen molar-refractivity contribution in [3.8, 4) is 0 Å². The molecule has 6 nitrogen and oxygen atoms in total. The summed E-state index contributed by atoms with van der Waals surface area (Å²) in [7, 11) is 0. The fourth-order valence-corrected chi connectivity index (χ4v) is 4.80. The first-order valence-electron chi connectivity index (χ1n) is 12.3. The van der Waals surface area contributed by atoms with Gasteiger partial charge < -0.3 is 10.2 Å². The van der Waals surface area contributed by atoms with Gasteiger partial charge in [-0.05, 0) is 36.5 Å². The van der Waals surface area contributed by atoms with Crippen LogP contribution < -0.4 is 5.32 Å². The normalized spacial score (nSPS) is 18.2. The predicted molar refractivity (Wildman–Crippen MR) is 131 cm³/mol. The molecule has 2 aliphatic rings. The Hall–Kier alpha value is -2.70. The Bertz CT molecular complexity index is 874. The second-order valence-electron chi connectivity index (χ2n) is 9.26. The molecule has 0 spiro atoms. The van der Waals surface area contributed by atoms with E-state index >= 15 is 0 Å². The van der Waals surface area contributed by atoms with E-state index in [1.807, 2.05) is 35.2 Å². The lowest BCUT2D eigenvalue weighted by molar-refractivity contribution is -0.122. The summed E-state index contributed by atoms with van der Waals surface area (Å²) in [6.07, 6.45) is 2.36. The zero-order valence-corrected chi connectivity index (χ0v) is 19.5. The van der Waals surface area contributed by atoms with Crippen molar-refractivity contribution in [2.45, 2.75) is 25.8 Å². The maximum absolute atomic E-state index is 12.6. The lowest BCUT2D eigenvalue weighted by Gasteiger charge is -2.34. The highest BCUT2D eigenvalue weighted by Crippen LogP contribution is 2.22. The van der Waals surface area contributed by atoms with Gasteiger partial charge in [-0.15, -0.1) is 0 Å². The average molecular weight is 449 g/mol. The highest BCUT2D eigenvalue weighted by atomic mass is 16.2. The number of nitrogens with zero attached hydrogens (tertiary/aromatic N) is 3. The summed E-state index contributed by atoms with van der Waals surface area (Å²) < 4.78 is 0. The second kappa shape index (κ2) is 12.0. The first-order chi connectivity index (χ1) is 16.2. The van der Waals surface area contributed by atoms with Crippen LogP contribution in [0.1, 0.15) is 35.2 Å². The van der Waals surface area contributed by atoms with Crippen molar-refractivity contribution >= 4 is 11.8 Å². The Balaban J connectivity index is 1.08. The lowest BCUT2D eigenvalue weighted by Crippen LogP contribution is -2.48. The van der Waals surface area contributed by atoms with Gasteiger partial charge in [0.1, 0.15) is 0 Å². The lowest BCUT2D eigenvalue weighted by atomic mass is 9.93. The number of hydrogen-bond acceptors (Lipinski definition) is 4. The number of piperidine rings is 1. The second-order valence-corrected chi connectivity index (χ2v) is 9.26. The first kappa shape index (κ1) is 23.5. The standard InChI is InChI=1S/C27H36N4O2/c32-26(21-23-11-14-31(15-12-23)27(33)25-9-5-2-6-10-25)28-13-16-29-17-19-30(20-18-29)22-24-7-3-1-4-8-24/h1-10,23H,11-22H2,(H,28,32). The Labute approximate surface area is 197 Å². The summed E-state index contributed by atoms with van der Waals surface area (Å²) in [6.45, 7) is 8.36. The molecule has 176 valence electrons. The number of rotatable bonds is 8. The minimum absolute atomic E-state index is 0.0994. The zero-order chi connectivity index (χ0) is 22.9. The molecular formula is C27H36N4O2. The number of nitrogens with one attached hydrogen (secondary N) is 1. The molecule has 0 atom stereocenters. The number of piperazine rings is 1. The van der Waals surface area contributed by atoms with Crippen molar-refractivity contribution in [2.75, 3.05) is 52.4 Å². The minimum atomic E-state index is 0.0994. The monoisotopic (exact) mass is 448 g/mol. The van der Waals surface area contributed by atoms with Gasteiger partial charge in [0.25, 0.3) is 5.91 Å². The molecule has 33 heavy (non-hydrogen) atoms. The van der Waals surface area contributed by atoms with Crippen LogP contribution in [0.3, 0.4) is 0 Å². The van der Waals surface area contributed by atoms with E-state index < -0.39 is 0 Å². The van der Waals surface area contributed by atoms with Crippen molar-refractivity contribution in [1.29, 1.82) is 0 Å². The molecule has 0 saturated carbocycles. The van der Waals surface area contributed by atoms with Crippen LogP contribution >= 0.6 is 0 Å². The number of hydrogen-bond donors (Lipinski definition) is 1. The van der Waals surface area contributed by atoms with Gasteiger partial charge in [0, 0.05) is 70.9 Å². The number of carbonyl (C=O) groups is 2. The molecule has 1 N–H and O–H groups in total. The molecule has 2 amide bonds. The molecule has 6 heteroatoms. The molecule has 0 bridgehead atoms. The number of likely N-dealkylation sites (tertiary alicyclic amines) is 1. The van der Waals surface area contributed by atoms with Gasteiger partial charge in [-0.3, -0.25) is 19.4 Å². The highest BCUT2D eigenvalue weighted by Gasteiger charge is 2.25. The van der Waals surface area contributed by atoms with Crippen LogP contribution in [-0.4, -0.2) is 78.9 Å². The van der Waals surface area contributed by atoms with E-state index in [9.17, 15) is 9.59 Å². The van der Waals surface area contributed by atoms with Crippen LogP contribution in [0, 0.1) is 5.92 Å². The summed E-state index contributed by atoms with van der Waals surface area (Å²) >= 11 is 0. The molecule has 0 aliphatic carbocycles. The van der Waals surface area contributed by atoms with Crippen LogP contribution in [-0.2, 0) is 11.3 Å². The van der Waals surface area contributed by atoms with E-state index in [2.05, 4.69) is 45.4 Å². The maximum atomic E-state index is 12.6. The van der Waals surface area contributed by atoms with E-state index in [1.165, 1.54) is 5.56 Å². The van der Waals surface area contributed by atoms with E-state index in [4.69, 9.17) is 0 Å². The number of amides is 2. The van der Waals surface area contributed by atoms with E-state index in [0.29, 0.717) is 18.9 Å². The third-order valence-corrected chi connectivity index (χ3v) is 6.86. The van der Waals surface area contributed by atoms with E-state index in [1.54, 1.807) is 0 Å². The molecule has 2 saturated heterocycles. The first-order valence-corrected chi connectivity index (χ1v) is 12.3. The SMILES string of the molecule is O=C(CC1CCN(C(=O)c2ccccc2)CC1)NCCN1CCN(Cc2ccccc2)CC1. The van der Waals surface area contributed by atoms with Crippen LogP contribution in [0.25, 0.3) is 0 Å². The third kappa shape index (κ3) is 7.14. The largest absolute Gasteiger partial charge is 0.355 e. The molecule has 2 aliphatic heterocycles. The fraction of sp³-hybridized carbons (Fsp3) is 0.481. The molecule has 0 radical (unpaired) electrons. The van der Waals surface area contributed by atoms with Crippen molar-refractivity contribution < 1.29 is 9.59 Å².